The number of rotatable bonds is 20. The molecule has 0 radical (unpaired) electrons. The van der Waals surface area contributed by atoms with Crippen LogP contribution in [0.4, 0.5) is 4.79 Å². The lowest BCUT2D eigenvalue weighted by Crippen LogP contribution is -2.57. The van der Waals surface area contributed by atoms with E-state index in [0.717, 1.165) is 28.3 Å². The van der Waals surface area contributed by atoms with E-state index in [1.165, 1.54) is 0 Å². The summed E-state index contributed by atoms with van der Waals surface area (Å²) in [4.78, 5) is 58.7. The summed E-state index contributed by atoms with van der Waals surface area (Å²) in [5.74, 6) is -1.58. The Morgan fingerprint density at radius 2 is 1.42 bits per heavy atom. The number of pyridine rings is 1. The SMILES string of the molecule is CC[C@H](C)[C@@H](CO)NC(=O)C[C@H](O)[C@H](CC(C)C)NC(=O)C(Cc1cccnc1)NC(=O)[C@H](Cc1cccc2ccccc12)NC(=O)OCc1ccccc1. The van der Waals surface area contributed by atoms with Crippen LogP contribution >= 0.6 is 0 Å². The molecule has 6 N–H and O–H groups in total. The Kier molecular flexibility index (Phi) is 16.6. The second-order valence-electron chi connectivity index (χ2n) is 14.5. The van der Waals surface area contributed by atoms with E-state index >= 15 is 0 Å². The molecule has 0 bridgehead atoms. The average molecular weight is 754 g/mol. The Bertz CT molecular complexity index is 1820. The molecule has 0 aliphatic heterocycles. The fourth-order valence-corrected chi connectivity index (χ4v) is 6.40. The fourth-order valence-electron chi connectivity index (χ4n) is 6.40. The number of fused-ring (bicyclic) bond motifs is 1. The molecule has 0 saturated heterocycles. The van der Waals surface area contributed by atoms with Crippen molar-refractivity contribution in [1.82, 2.24) is 26.3 Å². The molecular formula is C43H55N5O7. The number of alkyl carbamates (subject to hydrolysis) is 1. The van der Waals surface area contributed by atoms with Crippen LogP contribution in [0, 0.1) is 11.8 Å². The van der Waals surface area contributed by atoms with Crippen molar-refractivity contribution >= 4 is 34.6 Å². The lowest BCUT2D eigenvalue weighted by molar-refractivity contribution is -0.131. The molecule has 12 nitrogen and oxygen atoms in total. The molecule has 12 heteroatoms. The number of carbonyl (C=O) groups is 4. The number of amides is 4. The van der Waals surface area contributed by atoms with Gasteiger partial charge in [0.15, 0.2) is 0 Å². The summed E-state index contributed by atoms with van der Waals surface area (Å²) in [6.07, 6.45) is 2.10. The minimum Gasteiger partial charge on any atom is -0.445 e. The summed E-state index contributed by atoms with van der Waals surface area (Å²) in [7, 11) is 0. The zero-order valence-corrected chi connectivity index (χ0v) is 32.1. The standard InChI is InChI=1S/C43H55N5O7/c1-5-29(4)38(26-49)45-40(51)24-39(50)35(21-28(2)3)46-41(52)36(22-31-15-12-20-44-25-31)47-42(53)37(48-43(54)55-27-30-13-7-6-8-14-30)23-33-18-11-17-32-16-9-10-19-34(32)33/h6-20,25,28-29,35-39,49-50H,5,21-24,26-27H2,1-4H3,(H,45,51)(H,46,52)(H,47,53)(H,48,54)/t29-,35-,36?,37-,38+,39-/m0/s1. The number of nitrogens with zero attached hydrogens (tertiary/aromatic N) is 1. The minimum atomic E-state index is -1.25. The molecule has 0 saturated carbocycles. The summed E-state index contributed by atoms with van der Waals surface area (Å²) < 4.78 is 5.49. The van der Waals surface area contributed by atoms with E-state index in [0.29, 0.717) is 12.0 Å². The molecule has 3 aromatic carbocycles. The monoisotopic (exact) mass is 753 g/mol. The predicted octanol–water partition coefficient (Wildman–Crippen LogP) is 4.60. The third-order valence-electron chi connectivity index (χ3n) is 9.71. The number of benzene rings is 3. The van der Waals surface area contributed by atoms with Crippen molar-refractivity contribution < 1.29 is 34.1 Å². The van der Waals surface area contributed by atoms with Crippen LogP contribution in [-0.4, -0.2) is 75.9 Å². The maximum atomic E-state index is 14.3. The van der Waals surface area contributed by atoms with Gasteiger partial charge in [0.2, 0.25) is 17.7 Å². The van der Waals surface area contributed by atoms with Gasteiger partial charge in [-0.15, -0.1) is 0 Å². The van der Waals surface area contributed by atoms with Crippen LogP contribution in [0.15, 0.2) is 97.3 Å². The Morgan fingerprint density at radius 1 is 0.745 bits per heavy atom. The van der Waals surface area contributed by atoms with Crippen molar-refractivity contribution in [1.29, 1.82) is 0 Å². The van der Waals surface area contributed by atoms with Gasteiger partial charge in [0, 0.05) is 25.2 Å². The van der Waals surface area contributed by atoms with Gasteiger partial charge >= 0.3 is 6.09 Å². The Morgan fingerprint density at radius 3 is 2.11 bits per heavy atom. The quantitative estimate of drug-likeness (QED) is 0.0758. The molecule has 0 aliphatic carbocycles. The van der Waals surface area contributed by atoms with Crippen LogP contribution < -0.4 is 21.3 Å². The fraction of sp³-hybridized carbons (Fsp3) is 0.419. The highest BCUT2D eigenvalue weighted by Gasteiger charge is 2.32. The number of nitrogens with one attached hydrogen (secondary N) is 4. The molecule has 1 unspecified atom stereocenters. The zero-order chi connectivity index (χ0) is 39.7. The number of aliphatic hydroxyl groups excluding tert-OH is 2. The number of ether oxygens (including phenoxy) is 1. The van der Waals surface area contributed by atoms with E-state index < -0.39 is 54.1 Å². The van der Waals surface area contributed by atoms with Crippen molar-refractivity contribution in [2.75, 3.05) is 6.61 Å². The largest absolute Gasteiger partial charge is 0.445 e. The molecule has 4 aromatic rings. The van der Waals surface area contributed by atoms with E-state index in [1.54, 1.807) is 24.5 Å². The van der Waals surface area contributed by atoms with Crippen molar-refractivity contribution in [2.45, 2.75) is 96.7 Å². The second-order valence-corrected chi connectivity index (χ2v) is 14.5. The summed E-state index contributed by atoms with van der Waals surface area (Å²) in [6, 6.07) is 22.6. The van der Waals surface area contributed by atoms with Gasteiger partial charge in [0.25, 0.3) is 0 Å². The number of aliphatic hydroxyl groups is 2. The molecule has 1 aromatic heterocycles. The minimum absolute atomic E-state index is 0.00278. The van der Waals surface area contributed by atoms with Crippen molar-refractivity contribution in [3.8, 4) is 0 Å². The van der Waals surface area contributed by atoms with Gasteiger partial charge in [-0.25, -0.2) is 4.79 Å². The van der Waals surface area contributed by atoms with Crippen molar-refractivity contribution in [2.24, 2.45) is 11.8 Å². The molecule has 4 amide bonds. The van der Waals surface area contributed by atoms with Gasteiger partial charge in [-0.2, -0.15) is 0 Å². The zero-order valence-electron chi connectivity index (χ0n) is 32.1. The van der Waals surface area contributed by atoms with Crippen LogP contribution in [0.2, 0.25) is 0 Å². The summed E-state index contributed by atoms with van der Waals surface area (Å²) in [6.45, 7) is 7.52. The van der Waals surface area contributed by atoms with Crippen LogP contribution in [0.25, 0.3) is 10.8 Å². The van der Waals surface area contributed by atoms with E-state index in [1.807, 2.05) is 100 Å². The number of aromatic nitrogens is 1. The Hall–Kier alpha value is -5.33. The summed E-state index contributed by atoms with van der Waals surface area (Å²) in [5.41, 5.74) is 2.26. The number of hydrogen-bond donors (Lipinski definition) is 6. The van der Waals surface area contributed by atoms with E-state index in [2.05, 4.69) is 26.3 Å². The molecule has 0 aliphatic rings. The van der Waals surface area contributed by atoms with Crippen LogP contribution in [0.3, 0.4) is 0 Å². The van der Waals surface area contributed by atoms with E-state index in [4.69, 9.17) is 4.74 Å². The molecular weight excluding hydrogens is 699 g/mol. The molecule has 4 rings (SSSR count). The number of hydrogen-bond acceptors (Lipinski definition) is 8. The maximum absolute atomic E-state index is 14.3. The predicted molar refractivity (Wildman–Crippen MR) is 212 cm³/mol. The molecule has 294 valence electrons. The summed E-state index contributed by atoms with van der Waals surface area (Å²) >= 11 is 0. The van der Waals surface area contributed by atoms with E-state index in [-0.39, 0.29) is 44.3 Å². The first-order valence-electron chi connectivity index (χ1n) is 19.0. The van der Waals surface area contributed by atoms with Gasteiger partial charge in [0.1, 0.15) is 18.7 Å². The first-order valence-corrected chi connectivity index (χ1v) is 19.0. The molecule has 0 fully saturated rings. The first kappa shape index (κ1) is 42.4. The topological polar surface area (TPSA) is 179 Å². The van der Waals surface area contributed by atoms with Gasteiger partial charge < -0.3 is 36.2 Å². The molecule has 1 heterocycles. The summed E-state index contributed by atoms with van der Waals surface area (Å²) in [5, 5.41) is 34.3. The normalized spacial score (nSPS) is 14.5. The number of carbonyl (C=O) groups excluding carboxylic acids is 4. The van der Waals surface area contributed by atoms with Gasteiger partial charge in [-0.1, -0.05) is 113 Å². The van der Waals surface area contributed by atoms with E-state index in [9.17, 15) is 29.4 Å². The van der Waals surface area contributed by atoms with Crippen molar-refractivity contribution in [3.63, 3.8) is 0 Å². The Balaban J connectivity index is 1.57. The average Bonchev–Trinajstić information content (AvgIpc) is 3.18. The maximum Gasteiger partial charge on any atom is 0.408 e. The lowest BCUT2D eigenvalue weighted by Gasteiger charge is -2.29. The highest BCUT2D eigenvalue weighted by atomic mass is 16.5. The van der Waals surface area contributed by atoms with Gasteiger partial charge in [-0.3, -0.25) is 19.4 Å². The highest BCUT2D eigenvalue weighted by Crippen LogP contribution is 2.21. The van der Waals surface area contributed by atoms with Gasteiger partial charge in [-0.05, 0) is 51.8 Å². The lowest BCUT2D eigenvalue weighted by atomic mass is 9.95. The van der Waals surface area contributed by atoms with Crippen LogP contribution in [0.1, 0.15) is 63.6 Å². The molecule has 0 spiro atoms. The molecule has 6 atom stereocenters. The highest BCUT2D eigenvalue weighted by molar-refractivity contribution is 5.93. The molecule has 55 heavy (non-hydrogen) atoms. The third kappa shape index (κ3) is 13.5. The second kappa shape index (κ2) is 21.5. The smallest absolute Gasteiger partial charge is 0.408 e. The van der Waals surface area contributed by atoms with Crippen molar-refractivity contribution in [3.05, 3.63) is 114 Å². The van der Waals surface area contributed by atoms with Crippen LogP contribution in [-0.2, 0) is 38.6 Å². The first-order chi connectivity index (χ1) is 26.5. The Labute approximate surface area is 323 Å². The third-order valence-corrected chi connectivity index (χ3v) is 9.71. The van der Waals surface area contributed by atoms with Crippen LogP contribution in [0.5, 0.6) is 0 Å². The van der Waals surface area contributed by atoms with Gasteiger partial charge in [0.05, 0.1) is 31.2 Å².